The first-order valence-electron chi connectivity index (χ1n) is 9.80. The lowest BCUT2D eigenvalue weighted by molar-refractivity contribution is 0.294. The van der Waals surface area contributed by atoms with Gasteiger partial charge in [0.2, 0.25) is 0 Å². The first-order chi connectivity index (χ1) is 10.3. The number of hydrogen-bond acceptors (Lipinski definition) is 1. The van der Waals surface area contributed by atoms with Crippen molar-refractivity contribution in [3.63, 3.8) is 0 Å². The summed E-state index contributed by atoms with van der Waals surface area (Å²) in [6.45, 7) is 16.1. The van der Waals surface area contributed by atoms with Crippen LogP contribution in [0.3, 0.4) is 0 Å². The Kier molecular flexibility index (Phi) is 13.4. The van der Waals surface area contributed by atoms with Crippen molar-refractivity contribution >= 4 is 0 Å². The fourth-order valence-electron chi connectivity index (χ4n) is 2.92. The minimum Gasteiger partial charge on any atom is -0.297 e. The summed E-state index contributed by atoms with van der Waals surface area (Å²) in [7, 11) is 6.16. The molecule has 0 aliphatic carbocycles. The highest BCUT2D eigenvalue weighted by atomic mass is 15.1. The normalized spacial score (nSPS) is 15.0. The summed E-state index contributed by atoms with van der Waals surface area (Å²) in [5, 5.41) is 0. The highest BCUT2D eigenvalue weighted by molar-refractivity contribution is 4.64. The largest absolute Gasteiger partial charge is 0.297 e. The third-order valence-electron chi connectivity index (χ3n) is 4.78. The zero-order valence-electron chi connectivity index (χ0n) is 16.4. The Morgan fingerprint density at radius 1 is 0.591 bits per heavy atom. The van der Waals surface area contributed by atoms with Crippen molar-refractivity contribution in [1.29, 1.82) is 0 Å². The van der Waals surface area contributed by atoms with Gasteiger partial charge in [0.15, 0.2) is 0 Å². The summed E-state index contributed by atoms with van der Waals surface area (Å²) in [6.07, 6.45) is 10.7. The van der Waals surface area contributed by atoms with Gasteiger partial charge >= 0.3 is 0 Å². The molecular weight excluding hydrogens is 266 g/mol. The molecule has 1 nitrogen and oxygen atoms in total. The molecular formula is C21H43N. The van der Waals surface area contributed by atoms with Crippen LogP contribution in [0.2, 0.25) is 0 Å². The van der Waals surface area contributed by atoms with Gasteiger partial charge in [-0.25, -0.2) is 0 Å². The van der Waals surface area contributed by atoms with Crippen molar-refractivity contribution in [3.8, 4) is 0 Å². The lowest BCUT2D eigenvalue weighted by atomic mass is 9.96. The summed E-state index contributed by atoms with van der Waals surface area (Å²) in [4.78, 5) is 2.05. The average molecular weight is 310 g/mol. The van der Waals surface area contributed by atoms with Crippen LogP contribution < -0.4 is 0 Å². The molecule has 0 aliphatic rings. The zero-order valence-corrected chi connectivity index (χ0v) is 16.4. The molecule has 0 aromatic heterocycles. The molecule has 1 heteroatoms. The second kappa shape index (κ2) is 13.4. The van der Waals surface area contributed by atoms with E-state index in [-0.39, 0.29) is 0 Å². The third kappa shape index (κ3) is 14.9. The molecule has 0 heterocycles. The van der Waals surface area contributed by atoms with Gasteiger partial charge in [0.25, 0.3) is 0 Å². The van der Waals surface area contributed by atoms with E-state index in [9.17, 15) is 0 Å². The molecule has 2 unspecified atom stereocenters. The smallest absolute Gasteiger partial charge is 0.0438 e. The standard InChI is InChI=1S/C21H43N/c1-18(2)10-8-12-20(5)14-16-22(7)17-15-21(6)13-9-11-19(3)4/h7,18-21H,8-17H2,1-6H3. The van der Waals surface area contributed by atoms with Crippen molar-refractivity contribution < 1.29 is 0 Å². The number of rotatable bonds is 14. The van der Waals surface area contributed by atoms with Crippen LogP contribution in [-0.2, 0) is 0 Å². The van der Waals surface area contributed by atoms with Crippen molar-refractivity contribution in [1.82, 2.24) is 4.90 Å². The van der Waals surface area contributed by atoms with E-state index in [0.717, 1.165) is 36.8 Å². The van der Waals surface area contributed by atoms with E-state index in [0.29, 0.717) is 0 Å². The van der Waals surface area contributed by atoms with Gasteiger partial charge in [0.1, 0.15) is 0 Å². The predicted octanol–water partition coefficient (Wildman–Crippen LogP) is 6.66. The third-order valence-corrected chi connectivity index (χ3v) is 4.78. The summed E-state index contributed by atoms with van der Waals surface area (Å²) in [5.41, 5.74) is 0. The van der Waals surface area contributed by atoms with Crippen LogP contribution in [0.25, 0.3) is 0 Å². The van der Waals surface area contributed by atoms with E-state index < -0.39 is 0 Å². The van der Waals surface area contributed by atoms with E-state index in [2.05, 4.69) is 46.4 Å². The maximum absolute atomic E-state index is 6.16. The molecule has 0 bridgehead atoms. The molecule has 0 saturated heterocycles. The Balaban J connectivity index is 3.57. The van der Waals surface area contributed by atoms with E-state index in [4.69, 9.17) is 7.05 Å². The molecule has 0 N–H and O–H groups in total. The summed E-state index contributed by atoms with van der Waals surface area (Å²) in [6, 6.07) is 0. The van der Waals surface area contributed by atoms with Gasteiger partial charge in [0.05, 0.1) is 0 Å². The van der Waals surface area contributed by atoms with Crippen molar-refractivity contribution in [2.24, 2.45) is 23.7 Å². The topological polar surface area (TPSA) is 3.24 Å². The monoisotopic (exact) mass is 309 g/mol. The van der Waals surface area contributed by atoms with Gasteiger partial charge in [-0.3, -0.25) is 4.90 Å². The maximum Gasteiger partial charge on any atom is 0.0438 e. The van der Waals surface area contributed by atoms with Crippen LogP contribution in [0.5, 0.6) is 0 Å². The number of hydrogen-bond donors (Lipinski definition) is 0. The van der Waals surface area contributed by atoms with Crippen LogP contribution in [0.15, 0.2) is 0 Å². The Morgan fingerprint density at radius 2 is 0.955 bits per heavy atom. The molecule has 0 fully saturated rings. The second-order valence-corrected chi connectivity index (χ2v) is 8.47. The van der Waals surface area contributed by atoms with Gasteiger partial charge in [-0.1, -0.05) is 80.1 Å². The first-order valence-corrected chi connectivity index (χ1v) is 9.80. The minimum atomic E-state index is 0.813. The van der Waals surface area contributed by atoms with E-state index >= 15 is 0 Å². The predicted molar refractivity (Wildman–Crippen MR) is 101 cm³/mol. The van der Waals surface area contributed by atoms with Crippen LogP contribution in [0.4, 0.5) is 0 Å². The highest BCUT2D eigenvalue weighted by Crippen LogP contribution is 2.17. The molecule has 0 amide bonds. The van der Waals surface area contributed by atoms with Crippen LogP contribution in [-0.4, -0.2) is 18.0 Å². The van der Waals surface area contributed by atoms with Crippen molar-refractivity contribution in [3.05, 3.63) is 7.05 Å². The molecule has 0 aliphatic heterocycles. The van der Waals surface area contributed by atoms with Crippen LogP contribution in [0, 0.1) is 30.7 Å². The first kappa shape index (κ1) is 22.0. The maximum atomic E-state index is 6.16. The summed E-state index contributed by atoms with van der Waals surface area (Å²) >= 11 is 0. The zero-order chi connectivity index (χ0) is 17.0. The molecule has 0 aromatic carbocycles. The van der Waals surface area contributed by atoms with Gasteiger partial charge in [-0.15, -0.1) is 0 Å². The molecule has 0 saturated carbocycles. The quantitative estimate of drug-likeness (QED) is 0.324. The summed E-state index contributed by atoms with van der Waals surface area (Å²) in [5.74, 6) is 3.31. The summed E-state index contributed by atoms with van der Waals surface area (Å²) < 4.78 is 0. The highest BCUT2D eigenvalue weighted by Gasteiger charge is 2.08. The minimum absolute atomic E-state index is 0.813. The molecule has 22 heavy (non-hydrogen) atoms. The Labute approximate surface area is 142 Å². The molecule has 2 radical (unpaired) electrons. The molecule has 0 rings (SSSR count). The molecule has 132 valence electrons. The average Bonchev–Trinajstić information content (AvgIpc) is 2.42. The Hall–Kier alpha value is -0.0400. The fourth-order valence-corrected chi connectivity index (χ4v) is 2.92. The van der Waals surface area contributed by atoms with E-state index in [1.807, 2.05) is 0 Å². The van der Waals surface area contributed by atoms with E-state index in [1.165, 1.54) is 51.4 Å². The Morgan fingerprint density at radius 3 is 1.27 bits per heavy atom. The molecule has 0 aromatic rings. The molecule has 2 atom stereocenters. The van der Waals surface area contributed by atoms with Crippen LogP contribution >= 0.6 is 0 Å². The van der Waals surface area contributed by atoms with Gasteiger partial charge in [-0.2, -0.15) is 0 Å². The second-order valence-electron chi connectivity index (χ2n) is 8.47. The lowest BCUT2D eigenvalue weighted by Crippen LogP contribution is -2.22. The van der Waals surface area contributed by atoms with Gasteiger partial charge in [0, 0.05) is 7.05 Å². The van der Waals surface area contributed by atoms with Crippen molar-refractivity contribution in [2.45, 2.75) is 92.9 Å². The Bertz CT molecular complexity index is 210. The van der Waals surface area contributed by atoms with Crippen LogP contribution in [0.1, 0.15) is 92.9 Å². The fraction of sp³-hybridized carbons (Fsp3) is 0.952. The van der Waals surface area contributed by atoms with E-state index in [1.54, 1.807) is 0 Å². The lowest BCUT2D eigenvalue weighted by Gasteiger charge is -2.21. The molecule has 0 spiro atoms. The van der Waals surface area contributed by atoms with Gasteiger partial charge in [-0.05, 0) is 49.6 Å². The number of nitrogens with zero attached hydrogens (tertiary/aromatic N) is 1. The SMILES string of the molecule is [CH]N(CCC(C)CCCC(C)C)CCC(C)CCCC(C)C. The van der Waals surface area contributed by atoms with Crippen molar-refractivity contribution in [2.75, 3.05) is 13.1 Å². The van der Waals surface area contributed by atoms with Gasteiger partial charge < -0.3 is 0 Å².